The topological polar surface area (TPSA) is 52.6 Å². The Bertz CT molecular complexity index is 367. The lowest BCUT2D eigenvalue weighted by molar-refractivity contribution is -0.139. The van der Waals surface area contributed by atoms with Crippen LogP contribution in [-0.2, 0) is 20.7 Å². The summed E-state index contributed by atoms with van der Waals surface area (Å²) in [6.45, 7) is 1.53. The number of methoxy groups -OCH3 is 1. The van der Waals surface area contributed by atoms with Gasteiger partial charge in [-0.15, -0.1) is 0 Å². The Morgan fingerprint density at radius 3 is 2.31 bits per heavy atom. The Morgan fingerprint density at radius 1 is 1.19 bits per heavy atom. The molecule has 0 atom stereocenters. The van der Waals surface area contributed by atoms with E-state index in [0.717, 1.165) is 5.56 Å². The summed E-state index contributed by atoms with van der Waals surface area (Å²) in [5, 5.41) is 0. The van der Waals surface area contributed by atoms with Gasteiger partial charge in [-0.25, -0.2) is 0 Å². The van der Waals surface area contributed by atoms with Crippen LogP contribution < -0.4 is 4.74 Å². The molecule has 1 aromatic carbocycles. The van der Waals surface area contributed by atoms with Crippen LogP contribution in [0.1, 0.15) is 12.5 Å². The van der Waals surface area contributed by atoms with E-state index in [1.165, 1.54) is 14.0 Å². The monoisotopic (exact) mass is 222 g/mol. The van der Waals surface area contributed by atoms with Crippen LogP contribution in [-0.4, -0.2) is 25.5 Å². The third kappa shape index (κ3) is 4.13. The number of benzene rings is 1. The third-order valence-corrected chi connectivity index (χ3v) is 1.94. The van der Waals surface area contributed by atoms with Crippen molar-refractivity contribution in [2.24, 2.45) is 0 Å². The normalized spacial score (nSPS) is 9.62. The molecule has 0 spiro atoms. The molecule has 0 N–H and O–H groups in total. The number of carbonyl (C=O) groups excluding carboxylic acids is 2. The van der Waals surface area contributed by atoms with E-state index in [1.54, 1.807) is 24.3 Å². The van der Waals surface area contributed by atoms with Crippen molar-refractivity contribution in [1.29, 1.82) is 0 Å². The lowest BCUT2D eigenvalue weighted by Gasteiger charge is -2.04. The lowest BCUT2D eigenvalue weighted by Crippen LogP contribution is -2.07. The van der Waals surface area contributed by atoms with E-state index in [-0.39, 0.29) is 24.8 Å². The fourth-order valence-corrected chi connectivity index (χ4v) is 1.13. The highest BCUT2D eigenvalue weighted by Gasteiger charge is 2.03. The molecule has 0 aliphatic rings. The molecule has 4 heteroatoms. The summed E-state index contributed by atoms with van der Waals surface area (Å²) in [7, 11) is 1.35. The van der Waals surface area contributed by atoms with Crippen LogP contribution in [0.4, 0.5) is 0 Å². The molecule has 0 radical (unpaired) electrons. The smallest absolute Gasteiger partial charge is 0.309 e. The maximum absolute atomic E-state index is 11.0. The summed E-state index contributed by atoms with van der Waals surface area (Å²) >= 11 is 0. The first kappa shape index (κ1) is 12.2. The summed E-state index contributed by atoms with van der Waals surface area (Å²) in [6, 6.07) is 6.99. The van der Waals surface area contributed by atoms with Gasteiger partial charge in [0.05, 0.1) is 13.5 Å². The highest BCUT2D eigenvalue weighted by Crippen LogP contribution is 2.12. The average molecular weight is 222 g/mol. The highest BCUT2D eigenvalue weighted by molar-refractivity contribution is 5.77. The van der Waals surface area contributed by atoms with Gasteiger partial charge in [-0.05, 0) is 24.6 Å². The number of carbonyl (C=O) groups is 2. The van der Waals surface area contributed by atoms with E-state index in [1.807, 2.05) is 0 Å². The third-order valence-electron chi connectivity index (χ3n) is 1.94. The second-order valence-electron chi connectivity index (χ2n) is 3.39. The molecule has 1 aromatic rings. The molecule has 0 aliphatic heterocycles. The van der Waals surface area contributed by atoms with Crippen LogP contribution >= 0.6 is 0 Å². The largest absolute Gasteiger partial charge is 0.486 e. The number of ketones is 1. The van der Waals surface area contributed by atoms with E-state index < -0.39 is 0 Å². The zero-order chi connectivity index (χ0) is 12.0. The number of hydrogen-bond donors (Lipinski definition) is 0. The van der Waals surface area contributed by atoms with E-state index >= 15 is 0 Å². The zero-order valence-electron chi connectivity index (χ0n) is 9.36. The number of esters is 1. The molecule has 0 fully saturated rings. The fourth-order valence-electron chi connectivity index (χ4n) is 1.13. The molecule has 86 valence electrons. The zero-order valence-corrected chi connectivity index (χ0v) is 9.36. The minimum absolute atomic E-state index is 0.0290. The molecule has 1 rings (SSSR count). The highest BCUT2D eigenvalue weighted by atomic mass is 16.5. The van der Waals surface area contributed by atoms with Crippen LogP contribution in [0.25, 0.3) is 0 Å². The average Bonchev–Trinajstić information content (AvgIpc) is 2.28. The van der Waals surface area contributed by atoms with Gasteiger partial charge < -0.3 is 9.47 Å². The van der Waals surface area contributed by atoms with Crippen molar-refractivity contribution in [2.45, 2.75) is 13.3 Å². The van der Waals surface area contributed by atoms with E-state index in [9.17, 15) is 9.59 Å². The van der Waals surface area contributed by atoms with Gasteiger partial charge in [0.2, 0.25) is 0 Å². The maximum atomic E-state index is 11.0. The number of ether oxygens (including phenoxy) is 2. The summed E-state index contributed by atoms with van der Waals surface area (Å²) in [5.41, 5.74) is 0.849. The molecule has 0 saturated heterocycles. The fraction of sp³-hybridized carbons (Fsp3) is 0.333. The van der Waals surface area contributed by atoms with Crippen LogP contribution in [0.5, 0.6) is 5.75 Å². The molecule has 0 amide bonds. The summed E-state index contributed by atoms with van der Waals surface area (Å²) in [5.74, 6) is 0.305. The van der Waals surface area contributed by atoms with Gasteiger partial charge >= 0.3 is 5.97 Å². The van der Waals surface area contributed by atoms with Crippen molar-refractivity contribution >= 4 is 11.8 Å². The van der Waals surface area contributed by atoms with Gasteiger partial charge in [0.25, 0.3) is 0 Å². The van der Waals surface area contributed by atoms with E-state index in [0.29, 0.717) is 5.75 Å². The van der Waals surface area contributed by atoms with Crippen molar-refractivity contribution in [3.05, 3.63) is 29.8 Å². The first-order chi connectivity index (χ1) is 7.61. The summed E-state index contributed by atoms with van der Waals surface area (Å²) < 4.78 is 9.74. The van der Waals surface area contributed by atoms with Crippen molar-refractivity contribution in [2.75, 3.05) is 13.7 Å². The Morgan fingerprint density at radius 2 is 1.81 bits per heavy atom. The molecule has 0 aromatic heterocycles. The Balaban J connectivity index is 2.54. The van der Waals surface area contributed by atoms with Crippen molar-refractivity contribution in [3.63, 3.8) is 0 Å². The molecule has 4 nitrogen and oxygen atoms in total. The minimum Gasteiger partial charge on any atom is -0.486 e. The number of hydrogen-bond acceptors (Lipinski definition) is 4. The quantitative estimate of drug-likeness (QED) is 0.706. The Kier molecular flexibility index (Phi) is 4.51. The molecule has 0 aliphatic carbocycles. The standard InChI is InChI=1S/C12H14O4/c1-9(13)8-16-11-5-3-10(4-6-11)7-12(14)15-2/h3-6H,7-8H2,1-2H3. The Labute approximate surface area is 94.2 Å². The summed E-state index contributed by atoms with van der Waals surface area (Å²) in [4.78, 5) is 21.7. The van der Waals surface area contributed by atoms with E-state index in [4.69, 9.17) is 4.74 Å². The second-order valence-corrected chi connectivity index (χ2v) is 3.39. The van der Waals surface area contributed by atoms with Gasteiger partial charge in [-0.1, -0.05) is 12.1 Å². The molecular weight excluding hydrogens is 208 g/mol. The number of rotatable bonds is 5. The van der Waals surface area contributed by atoms with Gasteiger partial charge in [-0.3, -0.25) is 9.59 Å². The van der Waals surface area contributed by atoms with Gasteiger partial charge in [-0.2, -0.15) is 0 Å². The van der Waals surface area contributed by atoms with Crippen molar-refractivity contribution < 1.29 is 19.1 Å². The van der Waals surface area contributed by atoms with Crippen LogP contribution in [0.3, 0.4) is 0 Å². The minimum atomic E-state index is -0.280. The van der Waals surface area contributed by atoms with Crippen molar-refractivity contribution in [3.8, 4) is 5.75 Å². The molecule has 16 heavy (non-hydrogen) atoms. The van der Waals surface area contributed by atoms with E-state index in [2.05, 4.69) is 4.74 Å². The molecule has 0 unspecified atom stereocenters. The van der Waals surface area contributed by atoms with Crippen LogP contribution in [0.15, 0.2) is 24.3 Å². The van der Waals surface area contributed by atoms with Crippen molar-refractivity contribution in [1.82, 2.24) is 0 Å². The SMILES string of the molecule is COC(=O)Cc1ccc(OCC(C)=O)cc1. The first-order valence-corrected chi connectivity index (χ1v) is 4.90. The second kappa shape index (κ2) is 5.90. The molecule has 0 heterocycles. The van der Waals surface area contributed by atoms with Gasteiger partial charge in [0, 0.05) is 0 Å². The first-order valence-electron chi connectivity index (χ1n) is 4.90. The van der Waals surface area contributed by atoms with Crippen LogP contribution in [0, 0.1) is 0 Å². The summed E-state index contributed by atoms with van der Waals surface area (Å²) in [6.07, 6.45) is 0.240. The van der Waals surface area contributed by atoms with Gasteiger partial charge in [0.15, 0.2) is 5.78 Å². The van der Waals surface area contributed by atoms with Gasteiger partial charge in [0.1, 0.15) is 12.4 Å². The molecular formula is C12H14O4. The predicted molar refractivity (Wildman–Crippen MR) is 58.3 cm³/mol. The predicted octanol–water partition coefficient (Wildman–Crippen LogP) is 1.37. The lowest BCUT2D eigenvalue weighted by atomic mass is 10.1. The maximum Gasteiger partial charge on any atom is 0.309 e. The molecule has 0 bridgehead atoms. The Hall–Kier alpha value is -1.84. The van der Waals surface area contributed by atoms with Crippen LogP contribution in [0.2, 0.25) is 0 Å². The number of Topliss-reactive ketones (excluding diaryl/α,β-unsaturated/α-hetero) is 1. The molecule has 0 saturated carbocycles.